The molecule has 0 heterocycles. The monoisotopic (exact) mass is 571 g/mol. The zero-order valence-corrected chi connectivity index (χ0v) is 23.9. The maximum absolute atomic E-state index is 14.6. The van der Waals surface area contributed by atoms with Crippen LogP contribution in [-0.2, 0) is 26.2 Å². The summed E-state index contributed by atoms with van der Waals surface area (Å²) in [5.41, 5.74) is 0.307. The number of nitrogens with zero attached hydrogens (tertiary/aromatic N) is 2. The van der Waals surface area contributed by atoms with Crippen LogP contribution in [0.5, 0.6) is 11.5 Å². The molecule has 0 radical (unpaired) electrons. The number of anilines is 1. The number of benzene rings is 3. The topological polar surface area (TPSA) is 105 Å². The Kier molecular flexibility index (Phi) is 10.1. The molecule has 40 heavy (non-hydrogen) atoms. The van der Waals surface area contributed by atoms with E-state index in [2.05, 4.69) is 5.32 Å². The molecule has 1 N–H and O–H groups in total. The Bertz CT molecular complexity index is 1430. The lowest BCUT2D eigenvalue weighted by molar-refractivity contribution is -0.139. The molecule has 2 amide bonds. The van der Waals surface area contributed by atoms with Gasteiger partial charge in [-0.25, -0.2) is 12.8 Å². The second-order valence-electron chi connectivity index (χ2n) is 9.31. The van der Waals surface area contributed by atoms with Crippen molar-refractivity contribution in [1.82, 2.24) is 10.2 Å². The van der Waals surface area contributed by atoms with E-state index in [1.54, 1.807) is 38.1 Å². The van der Waals surface area contributed by atoms with E-state index >= 15 is 0 Å². The van der Waals surface area contributed by atoms with Gasteiger partial charge in [-0.1, -0.05) is 30.3 Å². The smallest absolute Gasteiger partial charge is 0.264 e. The molecule has 11 heteroatoms. The number of sulfonamides is 1. The molecule has 1 unspecified atom stereocenters. The van der Waals surface area contributed by atoms with Crippen LogP contribution in [0.15, 0.2) is 77.7 Å². The molecule has 0 saturated heterocycles. The molecule has 0 aliphatic carbocycles. The van der Waals surface area contributed by atoms with E-state index in [9.17, 15) is 22.4 Å². The molecule has 0 spiro atoms. The van der Waals surface area contributed by atoms with Gasteiger partial charge in [0.15, 0.2) is 0 Å². The Morgan fingerprint density at radius 1 is 0.900 bits per heavy atom. The van der Waals surface area contributed by atoms with Gasteiger partial charge in [-0.2, -0.15) is 0 Å². The van der Waals surface area contributed by atoms with Crippen LogP contribution in [0.4, 0.5) is 10.1 Å². The third-order valence-corrected chi connectivity index (χ3v) is 7.95. The number of halogens is 1. The summed E-state index contributed by atoms with van der Waals surface area (Å²) in [6, 6.07) is 16.8. The highest BCUT2D eigenvalue weighted by atomic mass is 32.2. The first-order valence-corrected chi connectivity index (χ1v) is 14.1. The molecule has 9 nitrogen and oxygen atoms in total. The summed E-state index contributed by atoms with van der Waals surface area (Å²) in [6.07, 6.45) is 0. The Labute approximate surface area is 234 Å². The standard InChI is InChI=1S/C29H34FN3O6S/c1-20(2)31-29(35)21(3)32(18-22-10-6-7-11-25(22)30)28(34)19-33(26-12-8-9-13-27(26)39-5)40(36,37)24-16-14-23(38-4)15-17-24/h6-17,20-21H,18-19H2,1-5H3,(H,31,35). The van der Waals surface area contributed by atoms with Crippen molar-refractivity contribution in [3.05, 3.63) is 84.2 Å². The number of methoxy groups -OCH3 is 2. The number of amides is 2. The van der Waals surface area contributed by atoms with Gasteiger partial charge in [-0.15, -0.1) is 0 Å². The molecule has 0 bridgehead atoms. The lowest BCUT2D eigenvalue weighted by atomic mass is 10.1. The molecule has 3 aromatic rings. The average molecular weight is 572 g/mol. The average Bonchev–Trinajstić information content (AvgIpc) is 2.94. The van der Waals surface area contributed by atoms with Crippen LogP contribution in [0.1, 0.15) is 26.3 Å². The summed E-state index contributed by atoms with van der Waals surface area (Å²) < 4.78 is 54.0. The summed E-state index contributed by atoms with van der Waals surface area (Å²) >= 11 is 0. The summed E-state index contributed by atoms with van der Waals surface area (Å²) in [5, 5.41) is 2.76. The molecular formula is C29H34FN3O6S. The molecule has 0 aliphatic heterocycles. The number of para-hydroxylation sites is 2. The van der Waals surface area contributed by atoms with Crippen molar-refractivity contribution in [3.63, 3.8) is 0 Å². The summed E-state index contributed by atoms with van der Waals surface area (Å²) in [4.78, 5) is 27.9. The van der Waals surface area contributed by atoms with Crippen molar-refractivity contribution < 1.29 is 31.9 Å². The van der Waals surface area contributed by atoms with Crippen molar-refractivity contribution in [3.8, 4) is 11.5 Å². The Morgan fingerprint density at radius 2 is 1.52 bits per heavy atom. The fraction of sp³-hybridized carbons (Fsp3) is 0.310. The molecule has 214 valence electrons. The predicted molar refractivity (Wildman–Crippen MR) is 150 cm³/mol. The van der Waals surface area contributed by atoms with E-state index in [0.717, 1.165) is 4.31 Å². The highest BCUT2D eigenvalue weighted by Gasteiger charge is 2.34. The van der Waals surface area contributed by atoms with Gasteiger partial charge in [0.2, 0.25) is 11.8 Å². The van der Waals surface area contributed by atoms with Crippen LogP contribution in [0.25, 0.3) is 0 Å². The second-order valence-corrected chi connectivity index (χ2v) is 11.2. The highest BCUT2D eigenvalue weighted by Crippen LogP contribution is 2.33. The van der Waals surface area contributed by atoms with Gasteiger partial charge in [-0.05, 0) is 63.2 Å². The Balaban J connectivity index is 2.08. The number of hydrogen-bond donors (Lipinski definition) is 1. The third kappa shape index (κ3) is 7.09. The number of carbonyl (C=O) groups is 2. The molecule has 0 saturated carbocycles. The zero-order valence-electron chi connectivity index (χ0n) is 23.1. The molecule has 0 aromatic heterocycles. The quantitative estimate of drug-likeness (QED) is 0.353. The van der Waals surface area contributed by atoms with Crippen LogP contribution >= 0.6 is 0 Å². The predicted octanol–water partition coefficient (Wildman–Crippen LogP) is 3.98. The van der Waals surface area contributed by atoms with Crippen molar-refractivity contribution in [2.24, 2.45) is 0 Å². The highest BCUT2D eigenvalue weighted by molar-refractivity contribution is 7.92. The van der Waals surface area contributed by atoms with Gasteiger partial charge in [0.25, 0.3) is 10.0 Å². The van der Waals surface area contributed by atoms with Gasteiger partial charge in [0.05, 0.1) is 24.8 Å². The van der Waals surface area contributed by atoms with Crippen molar-refractivity contribution in [1.29, 1.82) is 0 Å². The molecule has 0 aliphatic rings. The van der Waals surface area contributed by atoms with Gasteiger partial charge in [-0.3, -0.25) is 13.9 Å². The SMILES string of the molecule is COc1ccc(S(=O)(=O)N(CC(=O)N(Cc2ccccc2F)C(C)C(=O)NC(C)C)c2ccccc2OC)cc1. The lowest BCUT2D eigenvalue weighted by Crippen LogP contribution is -2.52. The van der Waals surface area contributed by atoms with E-state index in [-0.39, 0.29) is 34.5 Å². The van der Waals surface area contributed by atoms with Crippen LogP contribution in [0.2, 0.25) is 0 Å². The van der Waals surface area contributed by atoms with E-state index in [1.807, 2.05) is 0 Å². The van der Waals surface area contributed by atoms with Gasteiger partial charge in [0, 0.05) is 18.2 Å². The van der Waals surface area contributed by atoms with Crippen LogP contribution in [0, 0.1) is 5.82 Å². The van der Waals surface area contributed by atoms with E-state index in [4.69, 9.17) is 9.47 Å². The van der Waals surface area contributed by atoms with Gasteiger partial charge >= 0.3 is 0 Å². The molecule has 1 atom stereocenters. The van der Waals surface area contributed by atoms with Crippen molar-refractivity contribution >= 4 is 27.5 Å². The zero-order chi connectivity index (χ0) is 29.4. The van der Waals surface area contributed by atoms with Crippen molar-refractivity contribution in [2.45, 2.75) is 44.3 Å². The largest absolute Gasteiger partial charge is 0.497 e. The number of carbonyl (C=O) groups excluding carboxylic acids is 2. The van der Waals surface area contributed by atoms with E-state index in [1.165, 1.54) is 74.6 Å². The normalized spacial score (nSPS) is 12.0. The molecule has 3 rings (SSSR count). The van der Waals surface area contributed by atoms with E-state index in [0.29, 0.717) is 5.75 Å². The third-order valence-electron chi connectivity index (χ3n) is 6.18. The first-order chi connectivity index (χ1) is 19.0. The minimum Gasteiger partial charge on any atom is -0.497 e. The fourth-order valence-electron chi connectivity index (χ4n) is 4.02. The molecule has 3 aromatic carbocycles. The molecule has 0 fully saturated rings. The Hall–Kier alpha value is -4.12. The summed E-state index contributed by atoms with van der Waals surface area (Å²) in [7, 11) is -1.46. The Morgan fingerprint density at radius 3 is 2.12 bits per heavy atom. The first kappa shape index (κ1) is 30.4. The fourth-order valence-corrected chi connectivity index (χ4v) is 5.45. The minimum absolute atomic E-state index is 0.0849. The minimum atomic E-state index is -4.31. The van der Waals surface area contributed by atoms with E-state index < -0.39 is 40.2 Å². The van der Waals surface area contributed by atoms with Crippen LogP contribution in [0.3, 0.4) is 0 Å². The number of hydrogen-bond acceptors (Lipinski definition) is 6. The maximum atomic E-state index is 14.6. The summed E-state index contributed by atoms with van der Waals surface area (Å²) in [6.45, 7) is 4.14. The first-order valence-electron chi connectivity index (χ1n) is 12.6. The number of ether oxygens (including phenoxy) is 2. The van der Waals surface area contributed by atoms with Crippen LogP contribution in [-0.4, -0.2) is 58.0 Å². The van der Waals surface area contributed by atoms with Gasteiger partial charge < -0.3 is 19.7 Å². The van der Waals surface area contributed by atoms with Gasteiger partial charge in [0.1, 0.15) is 29.9 Å². The molecular weight excluding hydrogens is 537 g/mol. The maximum Gasteiger partial charge on any atom is 0.264 e. The number of nitrogens with one attached hydrogen (secondary N) is 1. The second kappa shape index (κ2) is 13.3. The number of rotatable bonds is 12. The van der Waals surface area contributed by atoms with Crippen molar-refractivity contribution in [2.75, 3.05) is 25.1 Å². The summed E-state index contributed by atoms with van der Waals surface area (Å²) in [5.74, 6) is -1.04. The van der Waals surface area contributed by atoms with Crippen LogP contribution < -0.4 is 19.1 Å². The lowest BCUT2D eigenvalue weighted by Gasteiger charge is -2.32.